The van der Waals surface area contributed by atoms with Gasteiger partial charge < -0.3 is 10.2 Å². The number of piperazine rings is 1. The van der Waals surface area contributed by atoms with E-state index >= 15 is 0 Å². The maximum atomic E-state index is 11.1. The molecule has 1 fully saturated rings. The number of hydrogen-bond donors (Lipinski definition) is 1. The Labute approximate surface area is 174 Å². The molecule has 0 radical (unpaired) electrons. The van der Waals surface area contributed by atoms with Gasteiger partial charge in [-0.1, -0.05) is 23.7 Å². The average Bonchev–Trinajstić information content (AvgIpc) is 2.73. The van der Waals surface area contributed by atoms with Gasteiger partial charge >= 0.3 is 0 Å². The van der Waals surface area contributed by atoms with Gasteiger partial charge in [-0.2, -0.15) is 0 Å². The number of pyridine rings is 1. The topological polar surface area (TPSA) is 74.2 Å². The number of benzene rings is 1. The number of aromatic nitrogens is 3. The van der Waals surface area contributed by atoms with Crippen LogP contribution in [0.4, 0.5) is 11.6 Å². The molecule has 1 amide bonds. The molecule has 4 rings (SSSR count). The number of fused-ring (bicyclic) bond motifs is 1. The second-order valence-electron chi connectivity index (χ2n) is 7.26. The minimum atomic E-state index is -0.129. The lowest BCUT2D eigenvalue weighted by Crippen LogP contribution is -2.47. The summed E-state index contributed by atoms with van der Waals surface area (Å²) in [7, 11) is 0. The number of amides is 1. The van der Waals surface area contributed by atoms with E-state index in [1.807, 2.05) is 6.07 Å². The van der Waals surface area contributed by atoms with E-state index < -0.39 is 0 Å². The number of rotatable bonds is 4. The van der Waals surface area contributed by atoms with E-state index in [1.165, 1.54) is 12.5 Å². The van der Waals surface area contributed by atoms with Gasteiger partial charge in [0, 0.05) is 50.7 Å². The number of halogens is 1. The quantitative estimate of drug-likeness (QED) is 0.709. The predicted octanol–water partition coefficient (Wildman–Crippen LogP) is 3.52. The molecule has 1 unspecified atom stereocenters. The van der Waals surface area contributed by atoms with Crippen LogP contribution >= 0.6 is 11.6 Å². The Hall–Kier alpha value is -2.77. The van der Waals surface area contributed by atoms with Crippen LogP contribution in [0.1, 0.15) is 25.5 Å². The summed E-state index contributed by atoms with van der Waals surface area (Å²) in [5.41, 5.74) is 2.82. The number of carbonyl (C=O) groups excluding carboxylic acids is 1. The summed E-state index contributed by atoms with van der Waals surface area (Å²) in [6.45, 7) is 7.24. The summed E-state index contributed by atoms with van der Waals surface area (Å²) in [5, 5.41) is 4.40. The van der Waals surface area contributed by atoms with E-state index in [9.17, 15) is 4.79 Å². The highest BCUT2D eigenvalue weighted by Gasteiger charge is 2.23. The maximum absolute atomic E-state index is 11.1. The van der Waals surface area contributed by atoms with E-state index in [0.29, 0.717) is 22.7 Å². The van der Waals surface area contributed by atoms with Crippen LogP contribution in [0, 0.1) is 0 Å². The molecular weight excluding hydrogens is 388 g/mol. The van der Waals surface area contributed by atoms with E-state index in [4.69, 9.17) is 11.6 Å². The standard InChI is InChI=1S/C21H23ClN6O/c1-14(16-3-4-17-9-18(22)11-23-20(17)10-16)27-5-7-28(8-6-27)21-24-12-19(13-25-21)26-15(2)29/h3-4,9-14H,5-8H2,1-2H3,(H,26,29). The zero-order chi connectivity index (χ0) is 20.4. The summed E-state index contributed by atoms with van der Waals surface area (Å²) < 4.78 is 0. The van der Waals surface area contributed by atoms with Gasteiger partial charge in [-0.25, -0.2) is 9.97 Å². The van der Waals surface area contributed by atoms with Crippen LogP contribution in [0.2, 0.25) is 5.02 Å². The molecular formula is C21H23ClN6O. The van der Waals surface area contributed by atoms with E-state index in [1.54, 1.807) is 18.6 Å². The van der Waals surface area contributed by atoms with E-state index in [-0.39, 0.29) is 5.91 Å². The molecule has 8 heteroatoms. The molecule has 2 aromatic heterocycles. The number of carbonyl (C=O) groups is 1. The van der Waals surface area contributed by atoms with Gasteiger partial charge in [0.2, 0.25) is 11.9 Å². The van der Waals surface area contributed by atoms with Gasteiger partial charge in [0.25, 0.3) is 0 Å². The molecule has 1 N–H and O–H groups in total. The molecule has 1 atom stereocenters. The largest absolute Gasteiger partial charge is 0.338 e. The molecule has 1 aromatic carbocycles. The van der Waals surface area contributed by atoms with Crippen molar-refractivity contribution in [1.82, 2.24) is 19.9 Å². The van der Waals surface area contributed by atoms with Crippen LogP contribution in [0.3, 0.4) is 0 Å². The third kappa shape index (κ3) is 4.46. The fourth-order valence-electron chi connectivity index (χ4n) is 3.64. The second kappa shape index (κ2) is 8.31. The van der Waals surface area contributed by atoms with Crippen LogP contribution in [0.5, 0.6) is 0 Å². The van der Waals surface area contributed by atoms with Crippen molar-refractivity contribution in [3.05, 3.63) is 53.4 Å². The molecule has 7 nitrogen and oxygen atoms in total. The van der Waals surface area contributed by atoms with Gasteiger partial charge in [-0.15, -0.1) is 0 Å². The van der Waals surface area contributed by atoms with Gasteiger partial charge in [-0.05, 0) is 24.6 Å². The van der Waals surface area contributed by atoms with Crippen molar-refractivity contribution in [2.45, 2.75) is 19.9 Å². The third-order valence-electron chi connectivity index (χ3n) is 5.26. The van der Waals surface area contributed by atoms with Gasteiger partial charge in [0.05, 0.1) is 28.6 Å². The number of nitrogens with one attached hydrogen (secondary N) is 1. The zero-order valence-electron chi connectivity index (χ0n) is 16.5. The van der Waals surface area contributed by atoms with Crippen molar-refractivity contribution in [2.75, 3.05) is 36.4 Å². The average molecular weight is 411 g/mol. The molecule has 3 heterocycles. The molecule has 0 bridgehead atoms. The first-order chi connectivity index (χ1) is 14.0. The van der Waals surface area contributed by atoms with Crippen LogP contribution in [0.15, 0.2) is 42.9 Å². The van der Waals surface area contributed by atoms with Crippen LogP contribution in [-0.2, 0) is 4.79 Å². The van der Waals surface area contributed by atoms with Crippen molar-refractivity contribution >= 4 is 40.0 Å². The van der Waals surface area contributed by atoms with Crippen LogP contribution < -0.4 is 10.2 Å². The van der Waals surface area contributed by atoms with Gasteiger partial charge in [-0.3, -0.25) is 14.7 Å². The molecule has 0 spiro atoms. The first kappa shape index (κ1) is 19.5. The Balaban J connectivity index is 1.40. The minimum Gasteiger partial charge on any atom is -0.338 e. The highest BCUT2D eigenvalue weighted by atomic mass is 35.5. The Bertz CT molecular complexity index is 1020. The fourth-order valence-corrected chi connectivity index (χ4v) is 3.81. The summed E-state index contributed by atoms with van der Waals surface area (Å²) in [5.74, 6) is 0.564. The number of nitrogens with zero attached hydrogens (tertiary/aromatic N) is 5. The number of anilines is 2. The molecule has 0 saturated carbocycles. The highest BCUT2D eigenvalue weighted by molar-refractivity contribution is 6.31. The lowest BCUT2D eigenvalue weighted by atomic mass is 10.0. The molecule has 0 aliphatic carbocycles. The SMILES string of the molecule is CC(=O)Nc1cnc(N2CCN(C(C)c3ccc4cc(Cl)cnc4c3)CC2)nc1. The van der Waals surface area contributed by atoms with Gasteiger partial charge in [0.1, 0.15) is 0 Å². The van der Waals surface area contributed by atoms with Crippen molar-refractivity contribution in [3.8, 4) is 0 Å². The highest BCUT2D eigenvalue weighted by Crippen LogP contribution is 2.26. The summed E-state index contributed by atoms with van der Waals surface area (Å²) in [4.78, 5) is 29.0. The minimum absolute atomic E-state index is 0.129. The van der Waals surface area contributed by atoms with Crippen molar-refractivity contribution < 1.29 is 4.79 Å². The van der Waals surface area contributed by atoms with Crippen LogP contribution in [0.25, 0.3) is 10.9 Å². The molecule has 150 valence electrons. The fraction of sp³-hybridized carbons (Fsp3) is 0.333. The van der Waals surface area contributed by atoms with Crippen molar-refractivity contribution in [1.29, 1.82) is 0 Å². The molecule has 1 saturated heterocycles. The predicted molar refractivity (Wildman–Crippen MR) is 115 cm³/mol. The second-order valence-corrected chi connectivity index (χ2v) is 7.69. The van der Waals surface area contributed by atoms with Crippen LogP contribution in [-0.4, -0.2) is 51.9 Å². The van der Waals surface area contributed by atoms with E-state index in [2.05, 4.69) is 55.2 Å². The van der Waals surface area contributed by atoms with Crippen molar-refractivity contribution in [2.24, 2.45) is 0 Å². The Kier molecular flexibility index (Phi) is 5.60. The number of hydrogen-bond acceptors (Lipinski definition) is 6. The monoisotopic (exact) mass is 410 g/mol. The molecule has 1 aliphatic rings. The Morgan fingerprint density at radius 1 is 1.07 bits per heavy atom. The molecule has 29 heavy (non-hydrogen) atoms. The maximum Gasteiger partial charge on any atom is 0.225 e. The van der Waals surface area contributed by atoms with Crippen molar-refractivity contribution in [3.63, 3.8) is 0 Å². The Morgan fingerprint density at radius 3 is 2.48 bits per heavy atom. The molecule has 1 aliphatic heterocycles. The smallest absolute Gasteiger partial charge is 0.225 e. The van der Waals surface area contributed by atoms with E-state index in [0.717, 1.165) is 37.1 Å². The lowest BCUT2D eigenvalue weighted by Gasteiger charge is -2.38. The summed E-state index contributed by atoms with van der Waals surface area (Å²) in [6.07, 6.45) is 4.98. The Morgan fingerprint density at radius 2 is 1.79 bits per heavy atom. The first-order valence-corrected chi connectivity index (χ1v) is 10.0. The summed E-state index contributed by atoms with van der Waals surface area (Å²) in [6, 6.07) is 8.62. The molecule has 3 aromatic rings. The first-order valence-electron chi connectivity index (χ1n) is 9.63. The van der Waals surface area contributed by atoms with Gasteiger partial charge in [0.15, 0.2) is 0 Å². The summed E-state index contributed by atoms with van der Waals surface area (Å²) >= 11 is 6.03. The lowest BCUT2D eigenvalue weighted by molar-refractivity contribution is -0.114. The third-order valence-corrected chi connectivity index (χ3v) is 5.47. The normalized spacial score (nSPS) is 16.0. The zero-order valence-corrected chi connectivity index (χ0v) is 17.2.